The lowest BCUT2D eigenvalue weighted by molar-refractivity contribution is -0.147. The van der Waals surface area contributed by atoms with E-state index in [0.29, 0.717) is 4.68 Å². The third-order valence-electron chi connectivity index (χ3n) is 2.74. The lowest BCUT2D eigenvalue weighted by atomic mass is 10.3. The van der Waals surface area contributed by atoms with Crippen molar-refractivity contribution in [2.24, 2.45) is 7.05 Å². The smallest absolute Gasteiger partial charge is 0.322 e. The van der Waals surface area contributed by atoms with Crippen LogP contribution in [0, 0.1) is 5.82 Å². The number of amides is 1. The molecule has 0 aliphatic rings. The van der Waals surface area contributed by atoms with E-state index in [1.54, 1.807) is 0 Å². The Balaban J connectivity index is 2.20. The van der Waals surface area contributed by atoms with Gasteiger partial charge in [0.25, 0.3) is 0 Å². The van der Waals surface area contributed by atoms with E-state index >= 15 is 0 Å². The van der Waals surface area contributed by atoms with Gasteiger partial charge in [-0.1, -0.05) is 12.1 Å². The topological polar surface area (TPSA) is 68.9 Å². The molecule has 0 fully saturated rings. The van der Waals surface area contributed by atoms with Crippen molar-refractivity contribution in [2.45, 2.75) is 12.7 Å². The third kappa shape index (κ3) is 3.15. The van der Waals surface area contributed by atoms with Crippen LogP contribution in [0.2, 0.25) is 0 Å². The summed E-state index contributed by atoms with van der Waals surface area (Å²) >= 11 is 0. The molecule has 0 saturated heterocycles. The molecule has 2 rings (SSSR count). The van der Waals surface area contributed by atoms with E-state index < -0.39 is 36.0 Å². The van der Waals surface area contributed by atoms with Gasteiger partial charge in [0.05, 0.1) is 5.69 Å². The number of carbonyl (C=O) groups is 1. The maximum absolute atomic E-state index is 13.3. The fraction of sp³-hybridized carbons (Fsp3) is 0.250. The van der Waals surface area contributed by atoms with Crippen molar-refractivity contribution in [3.8, 4) is 0 Å². The average molecular weight is 318 g/mol. The summed E-state index contributed by atoms with van der Waals surface area (Å²) in [7, 11) is 0.892. The molecular formula is C12H10F4N4O2. The van der Waals surface area contributed by atoms with Gasteiger partial charge in [0, 0.05) is 7.05 Å². The fourth-order valence-corrected chi connectivity index (χ4v) is 1.73. The lowest BCUT2D eigenvalue weighted by Gasteiger charge is -2.05. The normalized spacial score (nSPS) is 11.5. The predicted molar refractivity (Wildman–Crippen MR) is 67.5 cm³/mol. The number of anilines is 1. The van der Waals surface area contributed by atoms with E-state index in [4.69, 9.17) is 0 Å². The average Bonchev–Trinajstić information content (AvgIpc) is 2.69. The van der Waals surface area contributed by atoms with Crippen LogP contribution in [0.15, 0.2) is 29.1 Å². The number of hydrogen-bond acceptors (Lipinski definition) is 3. The first-order chi connectivity index (χ1) is 10.2. The van der Waals surface area contributed by atoms with Gasteiger partial charge in [-0.25, -0.2) is 13.9 Å². The minimum absolute atomic E-state index is 0.146. The predicted octanol–water partition coefficient (Wildman–Crippen LogP) is 1.38. The number of nitrogens with one attached hydrogen (secondary N) is 1. The summed E-state index contributed by atoms with van der Waals surface area (Å²) in [5.74, 6) is -3.00. The van der Waals surface area contributed by atoms with Crippen LogP contribution in [0.1, 0.15) is 5.82 Å². The van der Waals surface area contributed by atoms with E-state index in [0.717, 1.165) is 13.1 Å². The Morgan fingerprint density at radius 3 is 2.50 bits per heavy atom. The molecule has 1 amide bonds. The van der Waals surface area contributed by atoms with E-state index in [1.165, 1.54) is 18.2 Å². The van der Waals surface area contributed by atoms with Crippen LogP contribution in [0.4, 0.5) is 23.2 Å². The maximum atomic E-state index is 13.3. The lowest BCUT2D eigenvalue weighted by Crippen LogP contribution is -2.29. The summed E-state index contributed by atoms with van der Waals surface area (Å²) in [4.78, 5) is 23.3. The summed E-state index contributed by atoms with van der Waals surface area (Å²) in [6.45, 7) is -0.767. The molecule has 0 radical (unpaired) electrons. The summed E-state index contributed by atoms with van der Waals surface area (Å²) in [5, 5.41) is 5.22. The van der Waals surface area contributed by atoms with Crippen LogP contribution in [0.25, 0.3) is 0 Å². The Bertz CT molecular complexity index is 763. The van der Waals surface area contributed by atoms with Gasteiger partial charge in [0.15, 0.2) is 0 Å². The zero-order valence-electron chi connectivity index (χ0n) is 11.2. The summed E-state index contributed by atoms with van der Waals surface area (Å²) in [5.41, 5.74) is -1.25. The summed E-state index contributed by atoms with van der Waals surface area (Å²) < 4.78 is 51.8. The Morgan fingerprint density at radius 1 is 1.32 bits per heavy atom. The van der Waals surface area contributed by atoms with Crippen LogP contribution in [0.5, 0.6) is 0 Å². The van der Waals surface area contributed by atoms with Crippen molar-refractivity contribution in [1.29, 1.82) is 0 Å². The van der Waals surface area contributed by atoms with Crippen molar-refractivity contribution in [3.05, 3.63) is 46.4 Å². The van der Waals surface area contributed by atoms with Gasteiger partial charge >= 0.3 is 11.9 Å². The summed E-state index contributed by atoms with van der Waals surface area (Å²) in [6.07, 6.45) is -4.82. The zero-order valence-corrected chi connectivity index (χ0v) is 11.2. The second kappa shape index (κ2) is 5.62. The molecule has 22 heavy (non-hydrogen) atoms. The van der Waals surface area contributed by atoms with Crippen LogP contribution in [-0.2, 0) is 24.6 Å². The van der Waals surface area contributed by atoms with Crippen LogP contribution in [0.3, 0.4) is 0 Å². The number of hydrogen-bond donors (Lipinski definition) is 1. The highest BCUT2D eigenvalue weighted by Gasteiger charge is 2.38. The zero-order chi connectivity index (χ0) is 16.5. The Morgan fingerprint density at radius 2 is 1.95 bits per heavy atom. The molecule has 1 N–H and O–H groups in total. The Kier molecular flexibility index (Phi) is 4.02. The van der Waals surface area contributed by atoms with Gasteiger partial charge in [-0.3, -0.25) is 9.36 Å². The first kappa shape index (κ1) is 15.7. The van der Waals surface area contributed by atoms with Crippen molar-refractivity contribution in [3.63, 3.8) is 0 Å². The number of aromatic nitrogens is 3. The second-order valence-corrected chi connectivity index (χ2v) is 4.35. The van der Waals surface area contributed by atoms with Crippen molar-refractivity contribution >= 4 is 11.6 Å². The van der Waals surface area contributed by atoms with Gasteiger partial charge in [0.2, 0.25) is 11.7 Å². The first-order valence-electron chi connectivity index (χ1n) is 5.95. The van der Waals surface area contributed by atoms with Crippen LogP contribution < -0.4 is 11.0 Å². The van der Waals surface area contributed by atoms with E-state index in [1.807, 2.05) is 0 Å². The highest BCUT2D eigenvalue weighted by molar-refractivity contribution is 5.90. The monoisotopic (exact) mass is 318 g/mol. The molecule has 0 unspecified atom stereocenters. The van der Waals surface area contributed by atoms with Gasteiger partial charge in [-0.15, -0.1) is 5.10 Å². The molecule has 2 aromatic rings. The van der Waals surface area contributed by atoms with Crippen molar-refractivity contribution in [1.82, 2.24) is 14.3 Å². The largest absolute Gasteiger partial charge is 0.451 e. The standard InChI is InChI=1S/C12H10F4N4O2/c1-19-10(12(14,15)16)18-20(11(19)22)6-9(21)17-8-5-3-2-4-7(8)13/h2-5H,6H2,1H3,(H,17,21). The Labute approximate surface area is 121 Å². The highest BCUT2D eigenvalue weighted by atomic mass is 19.4. The molecule has 0 atom stereocenters. The number of benzene rings is 1. The fourth-order valence-electron chi connectivity index (χ4n) is 1.73. The van der Waals surface area contributed by atoms with Crippen LogP contribution >= 0.6 is 0 Å². The molecule has 0 spiro atoms. The minimum Gasteiger partial charge on any atom is -0.322 e. The number of alkyl halides is 3. The van der Waals surface area contributed by atoms with E-state index in [2.05, 4.69) is 10.4 Å². The maximum Gasteiger partial charge on any atom is 0.451 e. The second-order valence-electron chi connectivity index (χ2n) is 4.35. The molecule has 0 saturated carbocycles. The number of para-hydroxylation sites is 1. The molecule has 0 bridgehead atoms. The number of halogens is 4. The number of rotatable bonds is 3. The molecular weight excluding hydrogens is 308 g/mol. The quantitative estimate of drug-likeness (QED) is 0.869. The molecule has 10 heteroatoms. The van der Waals surface area contributed by atoms with Crippen LogP contribution in [-0.4, -0.2) is 20.3 Å². The number of nitrogens with zero attached hydrogens (tertiary/aromatic N) is 3. The van der Waals surface area contributed by atoms with Gasteiger partial charge in [0.1, 0.15) is 12.4 Å². The molecule has 1 aromatic heterocycles. The van der Waals surface area contributed by atoms with Crippen molar-refractivity contribution < 1.29 is 22.4 Å². The molecule has 0 aliphatic carbocycles. The SMILES string of the molecule is Cn1c(C(F)(F)F)nn(CC(=O)Nc2ccccc2F)c1=O. The molecule has 118 valence electrons. The van der Waals surface area contributed by atoms with Gasteiger partial charge in [-0.2, -0.15) is 13.2 Å². The van der Waals surface area contributed by atoms with E-state index in [9.17, 15) is 27.2 Å². The first-order valence-corrected chi connectivity index (χ1v) is 5.95. The van der Waals surface area contributed by atoms with Crippen molar-refractivity contribution in [2.75, 3.05) is 5.32 Å². The van der Waals surface area contributed by atoms with E-state index in [-0.39, 0.29) is 10.3 Å². The molecule has 1 aromatic carbocycles. The summed E-state index contributed by atoms with van der Waals surface area (Å²) in [6, 6.07) is 5.25. The van der Waals surface area contributed by atoms with Gasteiger partial charge < -0.3 is 5.32 Å². The molecule has 1 heterocycles. The molecule has 0 aliphatic heterocycles. The highest BCUT2D eigenvalue weighted by Crippen LogP contribution is 2.25. The third-order valence-corrected chi connectivity index (χ3v) is 2.74. The minimum atomic E-state index is -4.82. The molecule has 6 nitrogen and oxygen atoms in total. The number of carbonyl (C=O) groups excluding carboxylic acids is 1. The Hall–Kier alpha value is -2.65. The van der Waals surface area contributed by atoms with Gasteiger partial charge in [-0.05, 0) is 12.1 Å².